The number of carboxylic acid groups (broad SMARTS) is 1. The Morgan fingerprint density at radius 1 is 1.50 bits per heavy atom. The van der Waals surface area contributed by atoms with Crippen molar-refractivity contribution in [1.82, 2.24) is 15.2 Å². The van der Waals surface area contributed by atoms with Gasteiger partial charge in [0.25, 0.3) is 11.8 Å². The molecule has 0 aromatic carbocycles. The maximum Gasteiger partial charge on any atom is 1.00 e. The van der Waals surface area contributed by atoms with Gasteiger partial charge in [0, 0.05) is 16.7 Å². The molecule has 2 aliphatic rings. The number of oxime groups is 1. The van der Waals surface area contributed by atoms with Gasteiger partial charge in [-0.15, -0.1) is 23.1 Å². The SMILES string of the molecule is N=c1[nH]c(C(=NO)C(=O)NC2C(=O)N3C(C(=O)[O-])=C(COC(N)=O)CS[C@@H]23)cs1.[Na+]. The van der Waals surface area contributed by atoms with E-state index < -0.39 is 53.3 Å². The van der Waals surface area contributed by atoms with Crippen molar-refractivity contribution in [3.63, 3.8) is 0 Å². The number of ether oxygens (including phenoxy) is 1. The van der Waals surface area contributed by atoms with Crippen LogP contribution in [0.15, 0.2) is 21.8 Å². The van der Waals surface area contributed by atoms with E-state index in [9.17, 15) is 24.3 Å². The summed E-state index contributed by atoms with van der Waals surface area (Å²) in [6, 6.07) is -1.08. The normalized spacial score (nSPS) is 20.6. The van der Waals surface area contributed by atoms with E-state index in [-0.39, 0.29) is 51.4 Å². The number of amides is 3. The second kappa shape index (κ2) is 9.65. The molecular weight excluding hydrogens is 451 g/mol. The molecule has 1 unspecified atom stereocenters. The molecule has 1 aromatic rings. The number of carbonyl (C=O) groups is 4. The summed E-state index contributed by atoms with van der Waals surface area (Å²) in [6.45, 7) is -0.413. The van der Waals surface area contributed by atoms with E-state index >= 15 is 0 Å². The molecule has 2 aliphatic heterocycles. The minimum Gasteiger partial charge on any atom is -0.543 e. The van der Waals surface area contributed by atoms with E-state index in [1.54, 1.807) is 0 Å². The molecule has 16 heteroatoms. The van der Waals surface area contributed by atoms with Gasteiger partial charge in [-0.3, -0.25) is 19.9 Å². The predicted molar refractivity (Wildman–Crippen MR) is 95.4 cm³/mol. The van der Waals surface area contributed by atoms with Crippen LogP contribution in [0.3, 0.4) is 0 Å². The molecule has 1 saturated heterocycles. The molecule has 1 fully saturated rings. The van der Waals surface area contributed by atoms with Crippen LogP contribution in [-0.2, 0) is 19.1 Å². The smallest absolute Gasteiger partial charge is 0.543 e. The van der Waals surface area contributed by atoms with Crippen LogP contribution < -0.4 is 50.5 Å². The summed E-state index contributed by atoms with van der Waals surface area (Å²) in [5.41, 5.74) is 4.22. The molecule has 154 valence electrons. The number of nitrogens with two attached hydrogens (primary N) is 1. The molecule has 0 bridgehead atoms. The molecule has 3 amide bonds. The minimum absolute atomic E-state index is 0. The summed E-state index contributed by atoms with van der Waals surface area (Å²) in [4.78, 5) is 50.6. The zero-order valence-corrected chi connectivity index (χ0v) is 19.0. The van der Waals surface area contributed by atoms with Crippen LogP contribution in [0.5, 0.6) is 0 Å². The molecule has 6 N–H and O–H groups in total. The molecule has 0 spiro atoms. The first kappa shape index (κ1) is 23.9. The average Bonchev–Trinajstić information content (AvgIpc) is 3.09. The zero-order chi connectivity index (χ0) is 21.3. The zero-order valence-electron chi connectivity index (χ0n) is 15.3. The van der Waals surface area contributed by atoms with Crippen LogP contribution in [0.1, 0.15) is 5.69 Å². The van der Waals surface area contributed by atoms with E-state index in [1.807, 2.05) is 0 Å². The molecule has 13 nitrogen and oxygen atoms in total. The number of thiazole rings is 1. The maximum atomic E-state index is 12.5. The molecule has 0 radical (unpaired) electrons. The number of fused-ring (bicyclic) bond motifs is 1. The van der Waals surface area contributed by atoms with E-state index in [4.69, 9.17) is 16.4 Å². The second-order valence-corrected chi connectivity index (χ2v) is 7.75. The molecule has 2 atom stereocenters. The number of nitrogens with one attached hydrogen (secondary N) is 3. The number of hydrogen-bond donors (Lipinski definition) is 5. The summed E-state index contributed by atoms with van der Waals surface area (Å²) in [5, 5.41) is 34.0. The summed E-state index contributed by atoms with van der Waals surface area (Å²) in [5.74, 6) is -3.15. The number of aliphatic carboxylic acids is 1. The van der Waals surface area contributed by atoms with Crippen molar-refractivity contribution in [2.24, 2.45) is 10.9 Å². The fourth-order valence-corrected chi connectivity index (χ4v) is 4.69. The second-order valence-electron chi connectivity index (χ2n) is 5.76. The third-order valence-electron chi connectivity index (χ3n) is 4.03. The van der Waals surface area contributed by atoms with Crippen molar-refractivity contribution >= 4 is 52.7 Å². The van der Waals surface area contributed by atoms with Gasteiger partial charge >= 0.3 is 35.7 Å². The topological polar surface area (TPSA) is 214 Å². The quantitative estimate of drug-likeness (QED) is 0.0896. The Kier molecular flexibility index (Phi) is 7.70. The summed E-state index contributed by atoms with van der Waals surface area (Å²) in [7, 11) is 0. The number of carboxylic acids is 1. The molecule has 0 aliphatic carbocycles. The van der Waals surface area contributed by atoms with Gasteiger partial charge in [0.05, 0.1) is 17.4 Å². The Labute approximate surface area is 198 Å². The molecule has 30 heavy (non-hydrogen) atoms. The Morgan fingerprint density at radius 2 is 2.20 bits per heavy atom. The number of carbonyl (C=O) groups excluding carboxylic acids is 4. The van der Waals surface area contributed by atoms with Gasteiger partial charge in [0.1, 0.15) is 18.0 Å². The van der Waals surface area contributed by atoms with Crippen LogP contribution >= 0.6 is 23.1 Å². The Balaban J connectivity index is 0.00000320. The minimum atomic E-state index is -1.63. The number of aromatic amines is 1. The van der Waals surface area contributed by atoms with Crippen molar-refractivity contribution < 1.29 is 63.8 Å². The summed E-state index contributed by atoms with van der Waals surface area (Å²) < 4.78 is 4.60. The van der Waals surface area contributed by atoms with Gasteiger partial charge in [-0.1, -0.05) is 5.16 Å². The first-order valence-corrected chi connectivity index (χ1v) is 9.73. The maximum absolute atomic E-state index is 12.5. The van der Waals surface area contributed by atoms with Crippen LogP contribution in [0.25, 0.3) is 0 Å². The molecule has 3 rings (SSSR count). The molecule has 0 saturated carbocycles. The molecule has 1 aromatic heterocycles. The van der Waals surface area contributed by atoms with E-state index in [0.717, 1.165) is 28.0 Å². The number of β-lactam (4-membered cyclic amide) rings is 1. The van der Waals surface area contributed by atoms with Crippen molar-refractivity contribution in [2.75, 3.05) is 12.4 Å². The number of rotatable bonds is 6. The summed E-state index contributed by atoms with van der Waals surface area (Å²) >= 11 is 2.11. The first-order valence-electron chi connectivity index (χ1n) is 7.80. The van der Waals surface area contributed by atoms with E-state index in [2.05, 4.69) is 20.2 Å². The largest absolute Gasteiger partial charge is 1.00 e. The summed E-state index contributed by atoms with van der Waals surface area (Å²) in [6.07, 6.45) is -1.10. The first-order chi connectivity index (χ1) is 13.7. The van der Waals surface area contributed by atoms with Gasteiger partial charge in [-0.05, 0) is 0 Å². The Hall–Kier alpha value is -2.33. The van der Waals surface area contributed by atoms with Crippen LogP contribution in [0.2, 0.25) is 0 Å². The number of nitrogens with zero attached hydrogens (tertiary/aromatic N) is 2. The fourth-order valence-electron chi connectivity index (χ4n) is 2.79. The van der Waals surface area contributed by atoms with Gasteiger partial charge in [-0.2, -0.15) is 0 Å². The molecular formula is C14H13N6NaO7S2. The third-order valence-corrected chi connectivity index (χ3v) is 6.06. The van der Waals surface area contributed by atoms with Crippen molar-refractivity contribution in [3.8, 4) is 0 Å². The van der Waals surface area contributed by atoms with E-state index in [1.165, 1.54) is 5.38 Å². The number of aromatic nitrogens is 1. The number of thioether (sulfide) groups is 1. The number of primary amides is 1. The Morgan fingerprint density at radius 3 is 2.73 bits per heavy atom. The molecule has 3 heterocycles. The monoisotopic (exact) mass is 464 g/mol. The fraction of sp³-hybridized carbons (Fsp3) is 0.286. The standard InChI is InChI=1S/C14H14N6O7S2.Na/c15-13-17-5(3-29-13)6(19-26)9(21)18-7-10(22)20-8(12(23)24)4(1-27-14(16)25)2-28-11(7)20;/h3,7,11,26H,1-2H2,(H2,15,17)(H2,16,25)(H,18,21)(H,23,24);/q;+1/p-1/t7?,11-;/m0./s1. The number of H-pyrrole nitrogens is 1. The third kappa shape index (κ3) is 4.54. The van der Waals surface area contributed by atoms with Crippen molar-refractivity contribution in [3.05, 3.63) is 27.1 Å². The van der Waals surface area contributed by atoms with E-state index in [0.29, 0.717) is 0 Å². The van der Waals surface area contributed by atoms with Gasteiger partial charge < -0.3 is 35.9 Å². The van der Waals surface area contributed by atoms with Gasteiger partial charge in [-0.25, -0.2) is 4.79 Å². The number of hydrogen-bond acceptors (Lipinski definition) is 11. The van der Waals surface area contributed by atoms with Crippen molar-refractivity contribution in [2.45, 2.75) is 11.4 Å². The van der Waals surface area contributed by atoms with Gasteiger partial charge in [0.2, 0.25) is 0 Å². The van der Waals surface area contributed by atoms with Crippen LogP contribution in [-0.4, -0.2) is 68.5 Å². The predicted octanol–water partition coefficient (Wildman–Crippen LogP) is -5.76. The van der Waals surface area contributed by atoms with Crippen molar-refractivity contribution in [1.29, 1.82) is 5.41 Å². The Bertz CT molecular complexity index is 1020. The van der Waals surface area contributed by atoms with Gasteiger partial charge in [0.15, 0.2) is 10.5 Å². The average molecular weight is 464 g/mol. The van der Waals surface area contributed by atoms with Crippen LogP contribution in [0, 0.1) is 5.41 Å². The van der Waals surface area contributed by atoms with Crippen LogP contribution in [0.4, 0.5) is 4.79 Å².